The van der Waals surface area contributed by atoms with Crippen LogP contribution < -0.4 is 5.32 Å². The third-order valence-electron chi connectivity index (χ3n) is 6.33. The van der Waals surface area contributed by atoms with Crippen LogP contribution in [0.15, 0.2) is 48.7 Å². The molecule has 0 bridgehead atoms. The molecule has 2 amide bonds. The summed E-state index contributed by atoms with van der Waals surface area (Å²) in [5.41, 5.74) is 2.75. The molecule has 31 heavy (non-hydrogen) atoms. The Morgan fingerprint density at radius 2 is 1.87 bits per heavy atom. The van der Waals surface area contributed by atoms with Gasteiger partial charge in [-0.15, -0.1) is 11.8 Å². The highest BCUT2D eigenvalue weighted by molar-refractivity contribution is 8.00. The van der Waals surface area contributed by atoms with Crippen LogP contribution in [-0.4, -0.2) is 45.4 Å². The van der Waals surface area contributed by atoms with E-state index in [0.717, 1.165) is 24.1 Å². The van der Waals surface area contributed by atoms with Crippen LogP contribution in [0, 0.1) is 12.8 Å². The number of thioether (sulfide) groups is 1. The number of nitrogens with zero attached hydrogens (tertiary/aromatic N) is 2. The van der Waals surface area contributed by atoms with Crippen molar-refractivity contribution in [3.8, 4) is 0 Å². The van der Waals surface area contributed by atoms with Crippen LogP contribution in [-0.2, 0) is 11.2 Å². The monoisotopic (exact) mass is 437 g/mol. The minimum absolute atomic E-state index is 0.0227. The summed E-state index contributed by atoms with van der Waals surface area (Å²) in [6, 6.07) is 13.1. The summed E-state index contributed by atoms with van der Waals surface area (Å²) in [6.07, 6.45) is 8.44. The second-order valence-electron chi connectivity index (χ2n) is 8.58. The largest absolute Gasteiger partial charge is 0.354 e. The lowest BCUT2D eigenvalue weighted by atomic mass is 9.88. The van der Waals surface area contributed by atoms with Crippen LogP contribution >= 0.6 is 11.8 Å². The molecule has 2 atom stereocenters. The topological polar surface area (TPSA) is 62.3 Å². The lowest BCUT2D eigenvalue weighted by Crippen LogP contribution is -2.51. The van der Waals surface area contributed by atoms with Gasteiger partial charge in [0.25, 0.3) is 5.91 Å². The lowest BCUT2D eigenvalue weighted by Gasteiger charge is -2.35. The van der Waals surface area contributed by atoms with Crippen molar-refractivity contribution < 1.29 is 9.59 Å². The Hall–Kier alpha value is -2.34. The van der Waals surface area contributed by atoms with Crippen LogP contribution in [0.4, 0.5) is 0 Å². The molecule has 2 heterocycles. The third-order valence-corrected chi connectivity index (χ3v) is 7.79. The zero-order valence-corrected chi connectivity index (χ0v) is 18.9. The van der Waals surface area contributed by atoms with E-state index in [0.29, 0.717) is 30.2 Å². The molecule has 6 heteroatoms. The zero-order chi connectivity index (χ0) is 21.6. The van der Waals surface area contributed by atoms with Gasteiger partial charge in [0.2, 0.25) is 5.91 Å². The Bertz CT molecular complexity index is 881. The minimum Gasteiger partial charge on any atom is -0.354 e. The molecule has 1 aliphatic carbocycles. The van der Waals surface area contributed by atoms with Gasteiger partial charge in [-0.2, -0.15) is 0 Å². The maximum atomic E-state index is 13.5. The van der Waals surface area contributed by atoms with E-state index in [-0.39, 0.29) is 17.2 Å². The van der Waals surface area contributed by atoms with Crippen molar-refractivity contribution in [2.75, 3.05) is 12.3 Å². The first-order valence-electron chi connectivity index (χ1n) is 11.3. The molecule has 1 aromatic heterocycles. The van der Waals surface area contributed by atoms with E-state index in [1.54, 1.807) is 18.0 Å². The number of aromatic nitrogens is 1. The standard InChI is InChI=1S/C25H31N3O2S/c1-18-10-12-19(13-11-18)24(30)28-22(17-31-25(28)20-7-3-2-4-8-20)23(29)27-16-14-21-9-5-6-15-26-21/h5-6,9-13,15,20,22,25H,2-4,7-8,14,16-17H2,1H3,(H,27,29). The number of hydrogen-bond acceptors (Lipinski definition) is 4. The van der Waals surface area contributed by atoms with Gasteiger partial charge in [-0.25, -0.2) is 0 Å². The van der Waals surface area contributed by atoms with Crippen molar-refractivity contribution in [1.29, 1.82) is 0 Å². The van der Waals surface area contributed by atoms with Crippen LogP contribution in [0.2, 0.25) is 0 Å². The SMILES string of the molecule is Cc1ccc(C(=O)N2C(C(=O)NCCc3ccccn3)CSC2C2CCCCC2)cc1. The van der Waals surface area contributed by atoms with Crippen molar-refractivity contribution in [3.05, 3.63) is 65.5 Å². The second-order valence-corrected chi connectivity index (χ2v) is 9.73. The molecule has 2 aromatic rings. The second kappa shape index (κ2) is 10.3. The fourth-order valence-corrected chi connectivity index (χ4v) is 6.23. The number of benzene rings is 1. The quantitative estimate of drug-likeness (QED) is 0.735. The number of carbonyl (C=O) groups excluding carboxylic acids is 2. The van der Waals surface area contributed by atoms with Crippen LogP contribution in [0.25, 0.3) is 0 Å². The number of hydrogen-bond donors (Lipinski definition) is 1. The van der Waals surface area contributed by atoms with Crippen molar-refractivity contribution >= 4 is 23.6 Å². The van der Waals surface area contributed by atoms with Crippen molar-refractivity contribution in [2.45, 2.75) is 56.9 Å². The van der Waals surface area contributed by atoms with Crippen molar-refractivity contribution in [3.63, 3.8) is 0 Å². The fraction of sp³-hybridized carbons (Fsp3) is 0.480. The summed E-state index contributed by atoms with van der Waals surface area (Å²) in [5, 5.41) is 3.14. The van der Waals surface area contributed by atoms with E-state index < -0.39 is 6.04 Å². The Kier molecular flexibility index (Phi) is 7.28. The molecule has 1 aromatic carbocycles. The summed E-state index contributed by atoms with van der Waals surface area (Å²) in [5.74, 6) is 1.06. The van der Waals surface area contributed by atoms with Gasteiger partial charge in [-0.05, 0) is 49.9 Å². The van der Waals surface area contributed by atoms with E-state index in [1.165, 1.54) is 19.3 Å². The molecule has 1 saturated carbocycles. The number of rotatable bonds is 6. The Morgan fingerprint density at radius 1 is 1.10 bits per heavy atom. The summed E-state index contributed by atoms with van der Waals surface area (Å²) < 4.78 is 0. The fourth-order valence-electron chi connectivity index (χ4n) is 4.59. The lowest BCUT2D eigenvalue weighted by molar-refractivity contribution is -0.125. The highest BCUT2D eigenvalue weighted by Crippen LogP contribution is 2.41. The smallest absolute Gasteiger partial charge is 0.255 e. The first-order valence-corrected chi connectivity index (χ1v) is 12.4. The maximum Gasteiger partial charge on any atom is 0.255 e. The van der Waals surface area contributed by atoms with Gasteiger partial charge in [0, 0.05) is 36.2 Å². The summed E-state index contributed by atoms with van der Waals surface area (Å²) in [7, 11) is 0. The normalized spacial score (nSPS) is 21.8. The molecule has 1 saturated heterocycles. The number of carbonyl (C=O) groups is 2. The van der Waals surface area contributed by atoms with E-state index in [2.05, 4.69) is 10.3 Å². The molecule has 2 fully saturated rings. The molecule has 4 rings (SSSR count). The zero-order valence-electron chi connectivity index (χ0n) is 18.1. The molecule has 2 aliphatic rings. The van der Waals surface area contributed by atoms with Gasteiger partial charge in [-0.3, -0.25) is 14.6 Å². The first-order chi connectivity index (χ1) is 15.1. The predicted octanol–water partition coefficient (Wildman–Crippen LogP) is 4.21. The van der Waals surface area contributed by atoms with E-state index in [1.807, 2.05) is 54.3 Å². The summed E-state index contributed by atoms with van der Waals surface area (Å²) in [6.45, 7) is 2.54. The van der Waals surface area contributed by atoms with Gasteiger partial charge in [0.05, 0.1) is 5.37 Å². The molecule has 5 nitrogen and oxygen atoms in total. The average molecular weight is 438 g/mol. The van der Waals surface area contributed by atoms with Crippen LogP contribution in [0.1, 0.15) is 53.7 Å². The third kappa shape index (κ3) is 5.29. The first kappa shape index (κ1) is 21.9. The molecule has 1 aliphatic heterocycles. The van der Waals surface area contributed by atoms with Gasteiger partial charge in [-0.1, -0.05) is 43.0 Å². The summed E-state index contributed by atoms with van der Waals surface area (Å²) in [4.78, 5) is 32.9. The van der Waals surface area contributed by atoms with Crippen LogP contribution in [0.3, 0.4) is 0 Å². The number of pyridine rings is 1. The maximum absolute atomic E-state index is 13.5. The summed E-state index contributed by atoms with van der Waals surface area (Å²) >= 11 is 1.78. The molecular formula is C25H31N3O2S. The Morgan fingerprint density at radius 3 is 2.58 bits per heavy atom. The molecule has 0 spiro atoms. The molecule has 164 valence electrons. The number of amides is 2. The Labute approximate surface area is 189 Å². The van der Waals surface area contributed by atoms with Crippen molar-refractivity contribution in [1.82, 2.24) is 15.2 Å². The predicted molar refractivity (Wildman–Crippen MR) is 125 cm³/mol. The van der Waals surface area contributed by atoms with Gasteiger partial charge >= 0.3 is 0 Å². The molecule has 2 unspecified atom stereocenters. The van der Waals surface area contributed by atoms with Gasteiger partial charge < -0.3 is 10.2 Å². The van der Waals surface area contributed by atoms with Gasteiger partial charge in [0.1, 0.15) is 6.04 Å². The van der Waals surface area contributed by atoms with E-state index in [9.17, 15) is 9.59 Å². The van der Waals surface area contributed by atoms with Gasteiger partial charge in [0.15, 0.2) is 0 Å². The highest BCUT2D eigenvalue weighted by atomic mass is 32.2. The molecular weight excluding hydrogens is 406 g/mol. The molecule has 0 radical (unpaired) electrons. The minimum atomic E-state index is -0.422. The number of aryl methyl sites for hydroxylation is 1. The average Bonchev–Trinajstić information content (AvgIpc) is 3.26. The van der Waals surface area contributed by atoms with E-state index >= 15 is 0 Å². The van der Waals surface area contributed by atoms with E-state index in [4.69, 9.17) is 0 Å². The van der Waals surface area contributed by atoms with Crippen molar-refractivity contribution in [2.24, 2.45) is 5.92 Å². The number of nitrogens with one attached hydrogen (secondary N) is 1. The molecule has 1 N–H and O–H groups in total. The van der Waals surface area contributed by atoms with Crippen LogP contribution in [0.5, 0.6) is 0 Å². The highest BCUT2D eigenvalue weighted by Gasteiger charge is 2.45. The Balaban J connectivity index is 1.48.